The van der Waals surface area contributed by atoms with E-state index in [2.05, 4.69) is 25.6 Å². The second-order valence-electron chi connectivity index (χ2n) is 7.74. The number of rotatable bonds is 5. The summed E-state index contributed by atoms with van der Waals surface area (Å²) in [5.74, 6) is 0.467. The minimum Gasteiger partial charge on any atom is -0.397 e. The molecule has 2 aromatic heterocycles. The van der Waals surface area contributed by atoms with Crippen LogP contribution in [0.5, 0.6) is 0 Å². The van der Waals surface area contributed by atoms with Crippen LogP contribution in [0.4, 0.5) is 11.4 Å². The lowest BCUT2D eigenvalue weighted by Crippen LogP contribution is -2.26. The minimum absolute atomic E-state index is 0.259. The van der Waals surface area contributed by atoms with Crippen LogP contribution in [0.25, 0.3) is 33.3 Å². The number of hydrogen-bond acceptors (Lipinski definition) is 6. The molecule has 1 aliphatic heterocycles. The highest BCUT2D eigenvalue weighted by Crippen LogP contribution is 2.29. The van der Waals surface area contributed by atoms with Crippen molar-refractivity contribution < 1.29 is 4.74 Å². The van der Waals surface area contributed by atoms with Crippen LogP contribution in [0, 0.1) is 0 Å². The van der Waals surface area contributed by atoms with Gasteiger partial charge in [0.25, 0.3) is 5.56 Å². The Balaban J connectivity index is 1.46. The van der Waals surface area contributed by atoms with Crippen LogP contribution < -0.4 is 21.9 Å². The number of H-pyrrole nitrogens is 2. The Labute approximate surface area is 172 Å². The van der Waals surface area contributed by atoms with Crippen molar-refractivity contribution in [3.63, 3.8) is 0 Å². The van der Waals surface area contributed by atoms with Crippen molar-refractivity contribution in [1.82, 2.24) is 20.3 Å². The second kappa shape index (κ2) is 7.47. The molecule has 0 bridgehead atoms. The number of ether oxygens (including phenoxy) is 1. The summed E-state index contributed by atoms with van der Waals surface area (Å²) >= 11 is 0. The third-order valence-electron chi connectivity index (χ3n) is 5.64. The summed E-state index contributed by atoms with van der Waals surface area (Å²) in [6.45, 7) is 1.60. The van der Waals surface area contributed by atoms with Gasteiger partial charge in [-0.15, -0.1) is 0 Å². The van der Waals surface area contributed by atoms with Crippen LogP contribution in [0.1, 0.15) is 6.42 Å². The van der Waals surface area contributed by atoms with Crippen molar-refractivity contribution in [2.75, 3.05) is 31.3 Å². The number of hydrogen-bond donors (Lipinski definition) is 5. The Morgan fingerprint density at radius 3 is 2.93 bits per heavy atom. The molecule has 0 aliphatic carbocycles. The molecule has 2 atom stereocenters. The number of imidazole rings is 1. The fourth-order valence-corrected chi connectivity index (χ4v) is 4.21. The van der Waals surface area contributed by atoms with Crippen molar-refractivity contribution in [2.45, 2.75) is 18.5 Å². The summed E-state index contributed by atoms with van der Waals surface area (Å²) in [6, 6.07) is 14.2. The zero-order chi connectivity index (χ0) is 20.7. The molecule has 0 saturated carbocycles. The normalized spacial score (nSPS) is 19.0. The van der Waals surface area contributed by atoms with E-state index in [9.17, 15) is 4.79 Å². The van der Waals surface area contributed by atoms with E-state index in [4.69, 9.17) is 10.5 Å². The van der Waals surface area contributed by atoms with Gasteiger partial charge >= 0.3 is 0 Å². The van der Waals surface area contributed by atoms with Crippen LogP contribution in [0.3, 0.4) is 0 Å². The zero-order valence-corrected chi connectivity index (χ0v) is 16.7. The van der Waals surface area contributed by atoms with Gasteiger partial charge in [-0.1, -0.05) is 18.2 Å². The van der Waals surface area contributed by atoms with Gasteiger partial charge < -0.3 is 31.1 Å². The molecule has 154 valence electrons. The average molecular weight is 404 g/mol. The van der Waals surface area contributed by atoms with E-state index in [0.717, 1.165) is 35.1 Å². The van der Waals surface area contributed by atoms with Crippen LogP contribution in [-0.2, 0) is 4.74 Å². The molecule has 30 heavy (non-hydrogen) atoms. The van der Waals surface area contributed by atoms with Crippen LogP contribution in [0.2, 0.25) is 0 Å². The summed E-state index contributed by atoms with van der Waals surface area (Å²) in [4.78, 5) is 23.5. The molecule has 1 aliphatic rings. The lowest BCUT2D eigenvalue weighted by atomic mass is 10.1. The third-order valence-corrected chi connectivity index (χ3v) is 5.64. The summed E-state index contributed by atoms with van der Waals surface area (Å²) < 4.78 is 5.23. The highest BCUT2D eigenvalue weighted by atomic mass is 16.5. The van der Waals surface area contributed by atoms with E-state index in [1.165, 1.54) is 0 Å². The van der Waals surface area contributed by atoms with Crippen molar-refractivity contribution in [1.29, 1.82) is 0 Å². The lowest BCUT2D eigenvalue weighted by molar-refractivity contribution is 0.173. The second-order valence-corrected chi connectivity index (χ2v) is 7.74. The fraction of sp³-hybridized carbons (Fsp3) is 0.273. The third kappa shape index (κ3) is 3.30. The molecule has 2 aromatic carbocycles. The SMILES string of the molecule is COC[C@H]1CC(Nc2ccc3[nH]c(-c4c(N)c5ccccc5[nH]c4=O)nc3c2)CN1. The first-order valence-corrected chi connectivity index (χ1v) is 10.0. The monoisotopic (exact) mass is 404 g/mol. The maximum atomic E-state index is 12.7. The number of benzene rings is 2. The predicted octanol–water partition coefficient (Wildman–Crippen LogP) is 2.44. The van der Waals surface area contributed by atoms with Gasteiger partial charge in [-0.3, -0.25) is 4.79 Å². The van der Waals surface area contributed by atoms with Gasteiger partial charge in [-0.2, -0.15) is 0 Å². The van der Waals surface area contributed by atoms with Gasteiger partial charge in [0.05, 0.1) is 28.8 Å². The smallest absolute Gasteiger partial charge is 0.261 e. The Hall–Kier alpha value is -3.36. The van der Waals surface area contributed by atoms with Crippen LogP contribution in [-0.4, -0.2) is 47.3 Å². The number of fused-ring (bicyclic) bond motifs is 2. The van der Waals surface area contributed by atoms with Crippen molar-refractivity contribution in [3.05, 3.63) is 52.8 Å². The molecule has 6 N–H and O–H groups in total. The predicted molar refractivity (Wildman–Crippen MR) is 120 cm³/mol. The van der Waals surface area contributed by atoms with Gasteiger partial charge in [-0.25, -0.2) is 4.98 Å². The van der Waals surface area contributed by atoms with E-state index in [-0.39, 0.29) is 5.56 Å². The molecule has 8 heteroatoms. The highest BCUT2D eigenvalue weighted by Gasteiger charge is 2.24. The van der Waals surface area contributed by atoms with Gasteiger partial charge in [0.15, 0.2) is 0 Å². The number of aromatic nitrogens is 3. The first kappa shape index (κ1) is 18.7. The number of nitrogens with two attached hydrogens (primary N) is 1. The molecule has 3 heterocycles. The van der Waals surface area contributed by atoms with Crippen molar-refractivity contribution in [2.24, 2.45) is 0 Å². The van der Waals surface area contributed by atoms with Crippen molar-refractivity contribution in [3.8, 4) is 11.4 Å². The lowest BCUT2D eigenvalue weighted by Gasteiger charge is -2.13. The quantitative estimate of drug-likeness (QED) is 0.348. The first-order chi connectivity index (χ1) is 14.6. The number of aromatic amines is 2. The van der Waals surface area contributed by atoms with E-state index < -0.39 is 0 Å². The van der Waals surface area contributed by atoms with E-state index in [1.54, 1.807) is 7.11 Å². The number of para-hydroxylation sites is 1. The number of methoxy groups -OCH3 is 1. The fourth-order valence-electron chi connectivity index (χ4n) is 4.21. The molecule has 1 saturated heterocycles. The van der Waals surface area contributed by atoms with Crippen LogP contribution >= 0.6 is 0 Å². The number of pyridine rings is 1. The van der Waals surface area contributed by atoms with Gasteiger partial charge in [-0.05, 0) is 30.7 Å². The van der Waals surface area contributed by atoms with E-state index in [1.807, 2.05) is 42.5 Å². The van der Waals surface area contributed by atoms with Gasteiger partial charge in [0.2, 0.25) is 0 Å². The Morgan fingerprint density at radius 1 is 1.20 bits per heavy atom. The summed E-state index contributed by atoms with van der Waals surface area (Å²) in [6.07, 6.45) is 1.00. The Bertz CT molecular complexity index is 1280. The average Bonchev–Trinajstić information content (AvgIpc) is 3.34. The molecule has 0 radical (unpaired) electrons. The molecule has 5 rings (SSSR count). The summed E-state index contributed by atoms with van der Waals surface area (Å²) in [5.41, 5.74) is 10.2. The first-order valence-electron chi connectivity index (χ1n) is 10.0. The summed E-state index contributed by atoms with van der Waals surface area (Å²) in [7, 11) is 1.72. The molecule has 1 unspecified atom stereocenters. The van der Waals surface area contributed by atoms with Gasteiger partial charge in [0, 0.05) is 36.8 Å². The zero-order valence-electron chi connectivity index (χ0n) is 16.7. The van der Waals surface area contributed by atoms with Gasteiger partial charge in [0.1, 0.15) is 11.4 Å². The number of anilines is 2. The number of nitrogens with zero attached hydrogens (tertiary/aromatic N) is 1. The molecular weight excluding hydrogens is 380 g/mol. The number of nitrogen functional groups attached to an aromatic ring is 1. The molecule has 8 nitrogen and oxygen atoms in total. The standard InChI is InChI=1S/C22H24N6O2/c1-30-11-14-8-13(10-24-14)25-12-6-7-17-18(9-12)27-21(26-17)19-20(23)15-4-2-3-5-16(15)28-22(19)29/h2-7,9,13-14,24-25H,8,10-11H2,1H3,(H,26,27)(H3,23,28,29)/t13?,14-/m1/s1. The minimum atomic E-state index is -0.259. The Kier molecular flexibility index (Phi) is 4.65. The highest BCUT2D eigenvalue weighted by molar-refractivity contribution is 5.97. The molecule has 0 amide bonds. The Morgan fingerprint density at radius 2 is 2.07 bits per heavy atom. The largest absolute Gasteiger partial charge is 0.397 e. The molecule has 0 spiro atoms. The number of nitrogens with one attached hydrogen (secondary N) is 4. The molecule has 1 fully saturated rings. The van der Waals surface area contributed by atoms with E-state index >= 15 is 0 Å². The maximum Gasteiger partial charge on any atom is 0.261 e. The topological polar surface area (TPSA) is 121 Å². The summed E-state index contributed by atoms with van der Waals surface area (Å²) in [5, 5.41) is 7.81. The van der Waals surface area contributed by atoms with Crippen LogP contribution in [0.15, 0.2) is 47.3 Å². The molecule has 4 aromatic rings. The maximum absolute atomic E-state index is 12.7. The van der Waals surface area contributed by atoms with E-state index in [0.29, 0.717) is 41.3 Å². The molecular formula is C22H24N6O2. The van der Waals surface area contributed by atoms with Crippen molar-refractivity contribution >= 4 is 33.3 Å².